The van der Waals surface area contributed by atoms with E-state index < -0.39 is 0 Å². The van der Waals surface area contributed by atoms with Crippen LogP contribution in [0.15, 0.2) is 48.5 Å². The second-order valence-corrected chi connectivity index (χ2v) is 7.69. The van der Waals surface area contributed by atoms with Gasteiger partial charge in [-0.05, 0) is 49.4 Å². The molecule has 2 aromatic rings. The van der Waals surface area contributed by atoms with Crippen molar-refractivity contribution in [2.24, 2.45) is 0 Å². The zero-order valence-corrected chi connectivity index (χ0v) is 16.5. The number of phenols is 1. The van der Waals surface area contributed by atoms with Gasteiger partial charge in [-0.1, -0.05) is 30.3 Å². The minimum absolute atomic E-state index is 0.117. The summed E-state index contributed by atoms with van der Waals surface area (Å²) in [5.41, 5.74) is 1.86. The van der Waals surface area contributed by atoms with Crippen molar-refractivity contribution in [3.8, 4) is 11.5 Å². The van der Waals surface area contributed by atoms with Crippen LogP contribution < -0.4 is 10.1 Å². The first-order valence-corrected chi connectivity index (χ1v) is 10.4. The van der Waals surface area contributed by atoms with Crippen molar-refractivity contribution >= 4 is 6.03 Å². The first-order chi connectivity index (χ1) is 14.2. The van der Waals surface area contributed by atoms with Crippen LogP contribution in [0.1, 0.15) is 42.9 Å². The Balaban J connectivity index is 1.35. The molecule has 1 atom stereocenters. The summed E-state index contributed by atoms with van der Waals surface area (Å²) in [6.07, 6.45) is 4.70. The number of carbonyl (C=O) groups excluding carboxylic acids is 1. The van der Waals surface area contributed by atoms with Crippen LogP contribution in [0.5, 0.6) is 11.5 Å². The largest absolute Gasteiger partial charge is 0.508 e. The maximum Gasteiger partial charge on any atom is 0.317 e. The summed E-state index contributed by atoms with van der Waals surface area (Å²) >= 11 is 0. The highest BCUT2D eigenvalue weighted by atomic mass is 16.5. The summed E-state index contributed by atoms with van der Waals surface area (Å²) in [6, 6.07) is 14.8. The third-order valence-corrected chi connectivity index (χ3v) is 5.59. The SMILES string of the molecule is O=C(NCc1ccccc1OC1CCCC1)N1CCOC(c2cccc(O)c2)C1. The number of phenolic OH excluding ortho intramolecular Hbond substituents is 1. The van der Waals surface area contributed by atoms with Gasteiger partial charge in [0, 0.05) is 18.7 Å². The molecule has 6 nitrogen and oxygen atoms in total. The quantitative estimate of drug-likeness (QED) is 0.802. The van der Waals surface area contributed by atoms with Gasteiger partial charge in [-0.15, -0.1) is 0 Å². The molecule has 1 heterocycles. The molecular weight excluding hydrogens is 368 g/mol. The number of ether oxygens (including phenoxy) is 2. The molecule has 1 aliphatic carbocycles. The summed E-state index contributed by atoms with van der Waals surface area (Å²) in [4.78, 5) is 14.5. The lowest BCUT2D eigenvalue weighted by atomic mass is 10.1. The Morgan fingerprint density at radius 2 is 2.00 bits per heavy atom. The molecule has 4 rings (SSSR count). The fourth-order valence-electron chi connectivity index (χ4n) is 3.99. The molecule has 2 amide bonds. The van der Waals surface area contributed by atoms with Crippen molar-refractivity contribution in [1.82, 2.24) is 10.2 Å². The van der Waals surface area contributed by atoms with E-state index in [0.717, 1.165) is 29.7 Å². The topological polar surface area (TPSA) is 71.0 Å². The number of para-hydroxylation sites is 1. The van der Waals surface area contributed by atoms with Crippen molar-refractivity contribution in [3.05, 3.63) is 59.7 Å². The van der Waals surface area contributed by atoms with Gasteiger partial charge in [-0.25, -0.2) is 4.79 Å². The van der Waals surface area contributed by atoms with Crippen molar-refractivity contribution < 1.29 is 19.4 Å². The van der Waals surface area contributed by atoms with Gasteiger partial charge < -0.3 is 24.8 Å². The number of morpholine rings is 1. The van der Waals surface area contributed by atoms with E-state index in [1.54, 1.807) is 23.1 Å². The Bertz CT molecular complexity index is 835. The maximum absolute atomic E-state index is 12.7. The van der Waals surface area contributed by atoms with E-state index in [4.69, 9.17) is 9.47 Å². The summed E-state index contributed by atoms with van der Waals surface area (Å²) in [7, 11) is 0. The number of amides is 2. The summed E-state index contributed by atoms with van der Waals surface area (Å²) in [6.45, 7) is 1.89. The van der Waals surface area contributed by atoms with Crippen LogP contribution in [0.25, 0.3) is 0 Å². The van der Waals surface area contributed by atoms with E-state index in [1.165, 1.54) is 12.8 Å². The Kier molecular flexibility index (Phi) is 6.20. The molecule has 0 radical (unpaired) electrons. The number of nitrogens with zero attached hydrogens (tertiary/aromatic N) is 1. The molecule has 1 aliphatic heterocycles. The molecule has 2 fully saturated rings. The molecule has 6 heteroatoms. The number of urea groups is 1. The Hall–Kier alpha value is -2.73. The molecular formula is C23H28N2O4. The zero-order chi connectivity index (χ0) is 20.1. The fourth-order valence-corrected chi connectivity index (χ4v) is 3.99. The van der Waals surface area contributed by atoms with E-state index in [1.807, 2.05) is 30.3 Å². The van der Waals surface area contributed by atoms with Gasteiger partial charge in [0.1, 0.15) is 17.6 Å². The van der Waals surface area contributed by atoms with Crippen LogP contribution >= 0.6 is 0 Å². The lowest BCUT2D eigenvalue weighted by Crippen LogP contribution is -2.47. The number of nitrogens with one attached hydrogen (secondary N) is 1. The normalized spacial score (nSPS) is 19.9. The van der Waals surface area contributed by atoms with Crippen molar-refractivity contribution in [2.75, 3.05) is 19.7 Å². The number of hydrogen-bond donors (Lipinski definition) is 2. The number of benzene rings is 2. The van der Waals surface area contributed by atoms with Crippen molar-refractivity contribution in [3.63, 3.8) is 0 Å². The summed E-state index contributed by atoms with van der Waals surface area (Å²) in [5.74, 6) is 1.06. The number of carbonyl (C=O) groups is 1. The second kappa shape index (κ2) is 9.18. The van der Waals surface area contributed by atoms with Crippen LogP contribution in [0.3, 0.4) is 0 Å². The maximum atomic E-state index is 12.7. The van der Waals surface area contributed by atoms with E-state index >= 15 is 0 Å². The predicted molar refractivity (Wildman–Crippen MR) is 110 cm³/mol. The van der Waals surface area contributed by atoms with Crippen LogP contribution in [0.4, 0.5) is 4.79 Å². The minimum atomic E-state index is -0.236. The van der Waals surface area contributed by atoms with E-state index in [2.05, 4.69) is 5.32 Å². The van der Waals surface area contributed by atoms with Gasteiger partial charge in [-0.3, -0.25) is 0 Å². The van der Waals surface area contributed by atoms with Gasteiger partial charge in [0.2, 0.25) is 0 Å². The first kappa shape index (κ1) is 19.6. The number of aromatic hydroxyl groups is 1. The molecule has 2 aromatic carbocycles. The van der Waals surface area contributed by atoms with E-state index in [9.17, 15) is 9.90 Å². The molecule has 2 aliphatic rings. The van der Waals surface area contributed by atoms with Crippen LogP contribution in [0, 0.1) is 0 Å². The average Bonchev–Trinajstić information content (AvgIpc) is 3.26. The highest BCUT2D eigenvalue weighted by Crippen LogP contribution is 2.27. The third-order valence-electron chi connectivity index (χ3n) is 5.59. The Labute approximate surface area is 171 Å². The van der Waals surface area contributed by atoms with Crippen LogP contribution in [-0.4, -0.2) is 41.8 Å². The Morgan fingerprint density at radius 1 is 1.17 bits per heavy atom. The molecule has 1 unspecified atom stereocenters. The third kappa shape index (κ3) is 5.01. The zero-order valence-electron chi connectivity index (χ0n) is 16.5. The predicted octanol–water partition coefficient (Wildman–Crippen LogP) is 4.00. The van der Waals surface area contributed by atoms with Crippen molar-refractivity contribution in [2.45, 2.75) is 44.4 Å². The van der Waals surface area contributed by atoms with E-state index in [-0.39, 0.29) is 24.0 Å². The summed E-state index contributed by atoms with van der Waals surface area (Å²) < 4.78 is 12.0. The van der Waals surface area contributed by atoms with E-state index in [0.29, 0.717) is 26.2 Å². The van der Waals surface area contributed by atoms with Gasteiger partial charge in [0.05, 0.1) is 19.3 Å². The molecule has 0 spiro atoms. The van der Waals surface area contributed by atoms with Crippen LogP contribution in [0.2, 0.25) is 0 Å². The molecule has 0 aromatic heterocycles. The van der Waals surface area contributed by atoms with Gasteiger partial charge >= 0.3 is 6.03 Å². The molecule has 0 bridgehead atoms. The molecule has 29 heavy (non-hydrogen) atoms. The van der Waals surface area contributed by atoms with Gasteiger partial charge in [0.25, 0.3) is 0 Å². The molecule has 2 N–H and O–H groups in total. The minimum Gasteiger partial charge on any atom is -0.508 e. The molecule has 154 valence electrons. The second-order valence-electron chi connectivity index (χ2n) is 7.69. The molecule has 1 saturated heterocycles. The average molecular weight is 396 g/mol. The Morgan fingerprint density at radius 3 is 2.83 bits per heavy atom. The highest BCUT2D eigenvalue weighted by molar-refractivity contribution is 5.74. The molecule has 1 saturated carbocycles. The van der Waals surface area contributed by atoms with Crippen molar-refractivity contribution in [1.29, 1.82) is 0 Å². The first-order valence-electron chi connectivity index (χ1n) is 10.4. The smallest absolute Gasteiger partial charge is 0.317 e. The van der Waals surface area contributed by atoms with Gasteiger partial charge in [-0.2, -0.15) is 0 Å². The summed E-state index contributed by atoms with van der Waals surface area (Å²) in [5, 5.41) is 12.7. The van der Waals surface area contributed by atoms with Gasteiger partial charge in [0.15, 0.2) is 0 Å². The van der Waals surface area contributed by atoms with Crippen LogP contribution in [-0.2, 0) is 11.3 Å². The lowest BCUT2D eigenvalue weighted by molar-refractivity contribution is -0.0155. The highest BCUT2D eigenvalue weighted by Gasteiger charge is 2.26. The monoisotopic (exact) mass is 396 g/mol. The number of hydrogen-bond acceptors (Lipinski definition) is 4. The standard InChI is InChI=1S/C23H28N2O4/c26-19-8-5-7-17(14-19)22-16-25(12-13-28-22)23(27)24-15-18-6-1-4-11-21(18)29-20-9-2-3-10-20/h1,4-8,11,14,20,22,26H,2-3,9-10,12-13,15-16H2,(H,24,27). The number of rotatable bonds is 5. The fraction of sp³-hybridized carbons (Fsp3) is 0.435. The lowest BCUT2D eigenvalue weighted by Gasteiger charge is -2.33.